The maximum absolute atomic E-state index is 4.61. The smallest absolute Gasteiger partial charge is 0.128 e. The first-order valence-corrected chi connectivity index (χ1v) is 6.26. The summed E-state index contributed by atoms with van der Waals surface area (Å²) in [6.45, 7) is 5.07. The zero-order chi connectivity index (χ0) is 13.1. The number of aromatic amines is 1. The van der Waals surface area contributed by atoms with Crippen molar-refractivity contribution in [2.24, 2.45) is 21.9 Å². The maximum Gasteiger partial charge on any atom is 0.128 e. The second-order valence-electron chi connectivity index (χ2n) is 4.97. The molecular weight excluding hydrogens is 226 g/mol. The van der Waals surface area contributed by atoms with Crippen molar-refractivity contribution in [1.29, 1.82) is 0 Å². The number of hydrazone groups is 1. The van der Waals surface area contributed by atoms with E-state index in [9.17, 15) is 0 Å². The van der Waals surface area contributed by atoms with Crippen LogP contribution in [0.3, 0.4) is 0 Å². The van der Waals surface area contributed by atoms with E-state index in [0.717, 1.165) is 11.7 Å². The van der Waals surface area contributed by atoms with Gasteiger partial charge in [-0.1, -0.05) is 13.8 Å². The fourth-order valence-electron chi connectivity index (χ4n) is 2.10. The predicted molar refractivity (Wildman–Crippen MR) is 74.5 cm³/mol. The molecule has 98 valence electrons. The zero-order valence-electron chi connectivity index (χ0n) is 11.4. The van der Waals surface area contributed by atoms with Gasteiger partial charge in [-0.25, -0.2) is 0 Å². The molecule has 5 nitrogen and oxygen atoms in total. The summed E-state index contributed by atoms with van der Waals surface area (Å²) < 4.78 is 0. The SMILES string of the molecule is CC1C(=NCc2cc[nH]c2)NN=C(N(C)C)C1C. The molecular formula is C13H21N5. The van der Waals surface area contributed by atoms with Crippen LogP contribution in [0.4, 0.5) is 0 Å². The highest BCUT2D eigenvalue weighted by atomic mass is 15.4. The normalized spacial score (nSPS) is 25.8. The van der Waals surface area contributed by atoms with Crippen LogP contribution in [-0.2, 0) is 6.54 Å². The summed E-state index contributed by atoms with van der Waals surface area (Å²) in [7, 11) is 4.04. The number of nitrogens with one attached hydrogen (secondary N) is 2. The van der Waals surface area contributed by atoms with Crippen molar-refractivity contribution in [2.75, 3.05) is 14.1 Å². The third-order valence-corrected chi connectivity index (χ3v) is 3.43. The number of H-pyrrole nitrogens is 1. The van der Waals surface area contributed by atoms with Gasteiger partial charge in [0.25, 0.3) is 0 Å². The van der Waals surface area contributed by atoms with Crippen molar-refractivity contribution < 1.29 is 0 Å². The average Bonchev–Trinajstić information content (AvgIpc) is 2.83. The molecule has 0 fully saturated rings. The highest BCUT2D eigenvalue weighted by Crippen LogP contribution is 2.19. The van der Waals surface area contributed by atoms with Crippen molar-refractivity contribution in [3.63, 3.8) is 0 Å². The Balaban J connectivity index is 2.10. The van der Waals surface area contributed by atoms with Crippen LogP contribution in [0, 0.1) is 11.8 Å². The fraction of sp³-hybridized carbons (Fsp3) is 0.538. The summed E-state index contributed by atoms with van der Waals surface area (Å²) >= 11 is 0. The van der Waals surface area contributed by atoms with Crippen molar-refractivity contribution in [2.45, 2.75) is 20.4 Å². The lowest BCUT2D eigenvalue weighted by atomic mass is 9.92. The average molecular weight is 247 g/mol. The molecule has 0 aliphatic carbocycles. The van der Waals surface area contributed by atoms with E-state index in [2.05, 4.69) is 39.3 Å². The summed E-state index contributed by atoms with van der Waals surface area (Å²) in [5, 5.41) is 4.40. The third kappa shape index (κ3) is 2.55. The van der Waals surface area contributed by atoms with Gasteiger partial charge in [-0.2, -0.15) is 5.10 Å². The first-order valence-electron chi connectivity index (χ1n) is 6.26. The van der Waals surface area contributed by atoms with Gasteiger partial charge in [0.05, 0.1) is 6.54 Å². The minimum Gasteiger partial charge on any atom is -0.367 e. The molecule has 2 unspecified atom stereocenters. The van der Waals surface area contributed by atoms with E-state index in [-0.39, 0.29) is 0 Å². The second kappa shape index (κ2) is 5.25. The summed E-state index contributed by atoms with van der Waals surface area (Å²) in [6, 6.07) is 2.04. The maximum atomic E-state index is 4.61. The van der Waals surface area contributed by atoms with Crippen LogP contribution in [-0.4, -0.2) is 35.7 Å². The molecule has 0 amide bonds. The number of rotatable bonds is 2. The number of amidine groups is 2. The molecule has 0 spiro atoms. The molecule has 0 saturated heterocycles. The van der Waals surface area contributed by atoms with Crippen molar-refractivity contribution in [1.82, 2.24) is 15.3 Å². The van der Waals surface area contributed by atoms with E-state index in [1.165, 1.54) is 5.56 Å². The van der Waals surface area contributed by atoms with E-state index in [0.29, 0.717) is 18.4 Å². The Hall–Kier alpha value is -1.78. The van der Waals surface area contributed by atoms with Crippen LogP contribution in [0.5, 0.6) is 0 Å². The first kappa shape index (κ1) is 12.7. The molecule has 1 aliphatic rings. The molecule has 2 rings (SSSR count). The molecule has 2 heterocycles. The molecule has 1 aromatic heterocycles. The predicted octanol–water partition coefficient (Wildman–Crippen LogP) is 1.66. The van der Waals surface area contributed by atoms with Gasteiger partial charge < -0.3 is 9.88 Å². The Morgan fingerprint density at radius 1 is 1.33 bits per heavy atom. The van der Waals surface area contributed by atoms with Crippen molar-refractivity contribution >= 4 is 11.7 Å². The van der Waals surface area contributed by atoms with Gasteiger partial charge in [0.2, 0.25) is 0 Å². The van der Waals surface area contributed by atoms with Gasteiger partial charge >= 0.3 is 0 Å². The first-order chi connectivity index (χ1) is 8.59. The Labute approximate surface area is 108 Å². The Kier molecular flexibility index (Phi) is 3.69. The number of nitrogens with zero attached hydrogens (tertiary/aromatic N) is 3. The summed E-state index contributed by atoms with van der Waals surface area (Å²) in [4.78, 5) is 9.70. The Morgan fingerprint density at radius 3 is 2.72 bits per heavy atom. The summed E-state index contributed by atoms with van der Waals surface area (Å²) in [5.74, 6) is 2.78. The third-order valence-electron chi connectivity index (χ3n) is 3.43. The van der Waals surface area contributed by atoms with E-state index in [1.807, 2.05) is 32.6 Å². The van der Waals surface area contributed by atoms with Gasteiger partial charge in [-0.05, 0) is 11.6 Å². The minimum absolute atomic E-state index is 0.360. The van der Waals surface area contributed by atoms with Crippen molar-refractivity contribution in [3.8, 4) is 0 Å². The largest absolute Gasteiger partial charge is 0.367 e. The molecule has 0 radical (unpaired) electrons. The highest BCUT2D eigenvalue weighted by molar-refractivity contribution is 5.96. The van der Waals surface area contributed by atoms with E-state index < -0.39 is 0 Å². The van der Waals surface area contributed by atoms with E-state index in [1.54, 1.807) is 0 Å². The topological polar surface area (TPSA) is 55.8 Å². The van der Waals surface area contributed by atoms with Gasteiger partial charge in [-0.15, -0.1) is 0 Å². The molecule has 1 aromatic rings. The van der Waals surface area contributed by atoms with Crippen LogP contribution in [0.15, 0.2) is 28.6 Å². The molecule has 1 aliphatic heterocycles. The Bertz CT molecular complexity index is 444. The van der Waals surface area contributed by atoms with Crippen LogP contribution in [0.2, 0.25) is 0 Å². The van der Waals surface area contributed by atoms with Crippen LogP contribution < -0.4 is 5.43 Å². The lowest BCUT2D eigenvalue weighted by Gasteiger charge is -2.31. The molecule has 18 heavy (non-hydrogen) atoms. The molecule has 0 bridgehead atoms. The van der Waals surface area contributed by atoms with Crippen LogP contribution in [0.25, 0.3) is 0 Å². The second-order valence-corrected chi connectivity index (χ2v) is 4.97. The molecule has 0 saturated carbocycles. The van der Waals surface area contributed by atoms with Crippen LogP contribution >= 0.6 is 0 Å². The van der Waals surface area contributed by atoms with E-state index in [4.69, 9.17) is 0 Å². The number of aliphatic imine (C=N–C) groups is 1. The van der Waals surface area contributed by atoms with E-state index >= 15 is 0 Å². The summed E-state index contributed by atoms with van der Waals surface area (Å²) in [5.41, 5.74) is 4.27. The summed E-state index contributed by atoms with van der Waals surface area (Å²) in [6.07, 6.45) is 3.88. The van der Waals surface area contributed by atoms with Crippen molar-refractivity contribution in [3.05, 3.63) is 24.0 Å². The Morgan fingerprint density at radius 2 is 2.11 bits per heavy atom. The molecule has 2 N–H and O–H groups in total. The highest BCUT2D eigenvalue weighted by Gasteiger charge is 2.28. The van der Waals surface area contributed by atoms with Gasteiger partial charge in [0.1, 0.15) is 11.7 Å². The van der Waals surface area contributed by atoms with Gasteiger partial charge in [0.15, 0.2) is 0 Å². The standard InChI is InChI=1S/C13H21N5/c1-9-10(2)13(18(3)4)17-16-12(9)15-8-11-5-6-14-7-11/h5-7,9-10,14H,8H2,1-4H3,(H,15,16). The number of hydrogen-bond acceptors (Lipinski definition) is 3. The molecule has 0 aromatic carbocycles. The van der Waals surface area contributed by atoms with Gasteiger partial charge in [0, 0.05) is 38.3 Å². The lowest BCUT2D eigenvalue weighted by Crippen LogP contribution is -2.44. The minimum atomic E-state index is 0.360. The zero-order valence-corrected chi connectivity index (χ0v) is 11.4. The molecule has 2 atom stereocenters. The fourth-order valence-corrected chi connectivity index (χ4v) is 2.10. The van der Waals surface area contributed by atoms with Gasteiger partial charge in [-0.3, -0.25) is 10.4 Å². The quantitative estimate of drug-likeness (QED) is 0.835. The monoisotopic (exact) mass is 247 g/mol. The lowest BCUT2D eigenvalue weighted by molar-refractivity contribution is 0.485. The molecule has 5 heteroatoms. The number of aromatic nitrogens is 1. The number of hydrogen-bond donors (Lipinski definition) is 2. The van der Waals surface area contributed by atoms with Crippen LogP contribution in [0.1, 0.15) is 19.4 Å².